The van der Waals surface area contributed by atoms with Crippen molar-refractivity contribution in [3.8, 4) is 0 Å². The van der Waals surface area contributed by atoms with Gasteiger partial charge in [-0.2, -0.15) is 0 Å². The number of nitrogens with one attached hydrogen (secondary N) is 1. The molecule has 0 fully saturated rings. The zero-order valence-corrected chi connectivity index (χ0v) is 11.6. The lowest BCUT2D eigenvalue weighted by Crippen LogP contribution is -2.21. The van der Waals surface area contributed by atoms with E-state index < -0.39 is 0 Å². The smallest absolute Gasteiger partial charge is 0.244 e. The topological polar surface area (TPSA) is 59.3 Å². The molecule has 0 saturated heterocycles. The van der Waals surface area contributed by atoms with Crippen LogP contribution < -0.4 is 5.32 Å². The van der Waals surface area contributed by atoms with Gasteiger partial charge in [0.15, 0.2) is 11.5 Å². The standard InChI is InChI=1S/C16H13FN4O/c17-13-6-2-1-5-12(13)8-9-16(22)18-11-15-20-19-14-7-3-4-10-21(14)15/h1-10H,11H2,(H,18,22)/b9-8+. The Bertz CT molecular complexity index is 841. The lowest BCUT2D eigenvalue weighted by atomic mass is 10.2. The molecule has 0 radical (unpaired) electrons. The van der Waals surface area contributed by atoms with Crippen LogP contribution in [0.2, 0.25) is 0 Å². The highest BCUT2D eigenvalue weighted by Gasteiger charge is 2.05. The van der Waals surface area contributed by atoms with Gasteiger partial charge in [0.25, 0.3) is 0 Å². The van der Waals surface area contributed by atoms with Gasteiger partial charge in [0.1, 0.15) is 5.82 Å². The maximum atomic E-state index is 13.4. The Balaban J connectivity index is 1.64. The third kappa shape index (κ3) is 3.01. The number of hydrogen-bond donors (Lipinski definition) is 1. The highest BCUT2D eigenvalue weighted by Crippen LogP contribution is 2.08. The van der Waals surface area contributed by atoms with Crippen molar-refractivity contribution in [3.63, 3.8) is 0 Å². The Kier molecular flexibility index (Phi) is 3.91. The Labute approximate surface area is 126 Å². The molecular weight excluding hydrogens is 283 g/mol. The Morgan fingerprint density at radius 2 is 2.00 bits per heavy atom. The Hall–Kier alpha value is -3.02. The normalized spacial score (nSPS) is 11.1. The van der Waals surface area contributed by atoms with E-state index in [1.807, 2.05) is 24.4 Å². The minimum Gasteiger partial charge on any atom is -0.345 e. The molecule has 110 valence electrons. The van der Waals surface area contributed by atoms with Crippen molar-refractivity contribution in [1.29, 1.82) is 0 Å². The summed E-state index contributed by atoms with van der Waals surface area (Å²) in [4.78, 5) is 11.8. The molecule has 3 rings (SSSR count). The third-order valence-electron chi connectivity index (χ3n) is 3.12. The number of carbonyl (C=O) groups excluding carboxylic acids is 1. The maximum absolute atomic E-state index is 13.4. The largest absolute Gasteiger partial charge is 0.345 e. The molecule has 0 unspecified atom stereocenters. The van der Waals surface area contributed by atoms with Gasteiger partial charge in [0.2, 0.25) is 5.91 Å². The molecule has 0 atom stereocenters. The summed E-state index contributed by atoms with van der Waals surface area (Å²) in [5, 5.41) is 10.7. The van der Waals surface area contributed by atoms with E-state index in [9.17, 15) is 9.18 Å². The fraction of sp³-hybridized carbons (Fsp3) is 0.0625. The molecule has 0 spiro atoms. The van der Waals surface area contributed by atoms with Gasteiger partial charge in [-0.1, -0.05) is 24.3 Å². The molecule has 6 heteroatoms. The fourth-order valence-electron chi connectivity index (χ4n) is 2.01. The third-order valence-corrected chi connectivity index (χ3v) is 3.12. The summed E-state index contributed by atoms with van der Waals surface area (Å²) in [7, 11) is 0. The lowest BCUT2D eigenvalue weighted by Gasteiger charge is -2.01. The number of amides is 1. The van der Waals surface area contributed by atoms with Crippen LogP contribution in [0.15, 0.2) is 54.7 Å². The average molecular weight is 296 g/mol. The molecule has 0 aliphatic carbocycles. The van der Waals surface area contributed by atoms with Gasteiger partial charge in [0.05, 0.1) is 6.54 Å². The molecule has 1 aromatic carbocycles. The number of benzene rings is 1. The van der Waals surface area contributed by atoms with Crippen LogP contribution in [0.1, 0.15) is 11.4 Å². The predicted molar refractivity (Wildman–Crippen MR) is 80.3 cm³/mol. The van der Waals surface area contributed by atoms with E-state index in [-0.39, 0.29) is 18.3 Å². The van der Waals surface area contributed by atoms with Crippen LogP contribution in [-0.2, 0) is 11.3 Å². The van der Waals surface area contributed by atoms with Crippen molar-refractivity contribution in [3.05, 3.63) is 71.9 Å². The van der Waals surface area contributed by atoms with E-state index in [0.717, 1.165) is 0 Å². The fourth-order valence-corrected chi connectivity index (χ4v) is 2.01. The molecule has 2 heterocycles. The SMILES string of the molecule is O=C(/C=C/c1ccccc1F)NCc1nnc2ccccn12. The van der Waals surface area contributed by atoms with Crippen LogP contribution in [0.3, 0.4) is 0 Å². The first-order valence-electron chi connectivity index (χ1n) is 6.73. The van der Waals surface area contributed by atoms with Gasteiger partial charge >= 0.3 is 0 Å². The number of halogens is 1. The van der Waals surface area contributed by atoms with Crippen molar-refractivity contribution in [1.82, 2.24) is 19.9 Å². The number of rotatable bonds is 4. The molecule has 3 aromatic rings. The highest BCUT2D eigenvalue weighted by molar-refractivity contribution is 5.91. The second kappa shape index (κ2) is 6.17. The second-order valence-electron chi connectivity index (χ2n) is 4.62. The molecule has 0 bridgehead atoms. The molecule has 0 saturated carbocycles. The van der Waals surface area contributed by atoms with Crippen LogP contribution >= 0.6 is 0 Å². The van der Waals surface area contributed by atoms with Crippen molar-refractivity contribution in [2.75, 3.05) is 0 Å². The molecule has 1 N–H and O–H groups in total. The number of pyridine rings is 1. The summed E-state index contributed by atoms with van der Waals surface area (Å²) in [6, 6.07) is 11.8. The Morgan fingerprint density at radius 1 is 1.18 bits per heavy atom. The molecule has 22 heavy (non-hydrogen) atoms. The van der Waals surface area contributed by atoms with Crippen molar-refractivity contribution in [2.45, 2.75) is 6.54 Å². The van der Waals surface area contributed by atoms with E-state index in [0.29, 0.717) is 17.0 Å². The predicted octanol–water partition coefficient (Wildman–Crippen LogP) is 2.20. The summed E-state index contributed by atoms with van der Waals surface area (Å²) in [6.07, 6.45) is 4.56. The first-order valence-corrected chi connectivity index (χ1v) is 6.73. The van der Waals surface area contributed by atoms with Gasteiger partial charge < -0.3 is 5.32 Å². The van der Waals surface area contributed by atoms with E-state index in [2.05, 4.69) is 15.5 Å². The summed E-state index contributed by atoms with van der Waals surface area (Å²) in [5.74, 6) is -0.0609. The van der Waals surface area contributed by atoms with Gasteiger partial charge in [-0.3, -0.25) is 9.20 Å². The van der Waals surface area contributed by atoms with E-state index >= 15 is 0 Å². The van der Waals surface area contributed by atoms with E-state index in [4.69, 9.17) is 0 Å². The van der Waals surface area contributed by atoms with Crippen LogP contribution in [0, 0.1) is 5.82 Å². The van der Waals surface area contributed by atoms with E-state index in [1.54, 1.807) is 22.6 Å². The molecule has 2 aromatic heterocycles. The summed E-state index contributed by atoms with van der Waals surface area (Å²) < 4.78 is 15.2. The zero-order chi connectivity index (χ0) is 15.4. The monoisotopic (exact) mass is 296 g/mol. The van der Waals surface area contributed by atoms with E-state index in [1.165, 1.54) is 18.2 Å². The Morgan fingerprint density at radius 3 is 2.86 bits per heavy atom. The second-order valence-corrected chi connectivity index (χ2v) is 4.62. The van der Waals surface area contributed by atoms with Gasteiger partial charge in [-0.15, -0.1) is 10.2 Å². The molecule has 0 aliphatic rings. The van der Waals surface area contributed by atoms with Crippen LogP contribution in [0.4, 0.5) is 4.39 Å². The molecule has 0 aliphatic heterocycles. The average Bonchev–Trinajstić information content (AvgIpc) is 2.95. The van der Waals surface area contributed by atoms with Gasteiger partial charge in [0, 0.05) is 17.8 Å². The van der Waals surface area contributed by atoms with Crippen LogP contribution in [0.25, 0.3) is 11.7 Å². The number of aromatic nitrogens is 3. The maximum Gasteiger partial charge on any atom is 0.244 e. The van der Waals surface area contributed by atoms with Crippen molar-refractivity contribution < 1.29 is 9.18 Å². The summed E-state index contributed by atoms with van der Waals surface area (Å²) >= 11 is 0. The molecule has 5 nitrogen and oxygen atoms in total. The summed E-state index contributed by atoms with van der Waals surface area (Å²) in [5.41, 5.74) is 1.08. The summed E-state index contributed by atoms with van der Waals surface area (Å²) in [6.45, 7) is 0.242. The number of hydrogen-bond acceptors (Lipinski definition) is 3. The highest BCUT2D eigenvalue weighted by atomic mass is 19.1. The molecule has 1 amide bonds. The van der Waals surface area contributed by atoms with Gasteiger partial charge in [-0.05, 0) is 24.3 Å². The van der Waals surface area contributed by atoms with Crippen molar-refractivity contribution in [2.24, 2.45) is 0 Å². The lowest BCUT2D eigenvalue weighted by molar-refractivity contribution is -0.116. The van der Waals surface area contributed by atoms with Crippen LogP contribution in [-0.4, -0.2) is 20.5 Å². The first-order chi connectivity index (χ1) is 10.7. The van der Waals surface area contributed by atoms with Crippen molar-refractivity contribution >= 4 is 17.6 Å². The quantitative estimate of drug-likeness (QED) is 0.751. The zero-order valence-electron chi connectivity index (χ0n) is 11.6. The number of fused-ring (bicyclic) bond motifs is 1. The first kappa shape index (κ1) is 13.9. The minimum absolute atomic E-state index is 0.242. The number of carbonyl (C=O) groups is 1. The van der Waals surface area contributed by atoms with Gasteiger partial charge in [-0.25, -0.2) is 4.39 Å². The number of nitrogens with zero attached hydrogens (tertiary/aromatic N) is 3. The van der Waals surface area contributed by atoms with Crippen LogP contribution in [0.5, 0.6) is 0 Å². The minimum atomic E-state index is -0.366. The molecular formula is C16H13FN4O.